The summed E-state index contributed by atoms with van der Waals surface area (Å²) in [4.78, 5) is 35.2. The van der Waals surface area contributed by atoms with Gasteiger partial charge in [0.15, 0.2) is 6.10 Å². The third-order valence-electron chi connectivity index (χ3n) is 2.91. The number of amides is 3. The van der Waals surface area contributed by atoms with Crippen molar-refractivity contribution in [2.45, 2.75) is 45.7 Å². The van der Waals surface area contributed by atoms with E-state index in [2.05, 4.69) is 10.1 Å². The van der Waals surface area contributed by atoms with Gasteiger partial charge in [0.25, 0.3) is 5.91 Å². The number of ether oxygens (including phenoxy) is 2. The number of esters is 1. The second-order valence-corrected chi connectivity index (χ2v) is 6.72. The highest BCUT2D eigenvalue weighted by Gasteiger charge is 2.30. The Labute approximate surface area is 159 Å². The van der Waals surface area contributed by atoms with Gasteiger partial charge in [-0.15, -0.1) is 13.2 Å². The Kier molecular flexibility index (Phi) is 7.60. The van der Waals surface area contributed by atoms with Gasteiger partial charge in [0, 0.05) is 11.6 Å². The minimum absolute atomic E-state index is 0.397. The van der Waals surface area contributed by atoms with E-state index in [1.807, 2.05) is 5.32 Å². The summed E-state index contributed by atoms with van der Waals surface area (Å²) in [5, 5.41) is 4.56. The van der Waals surface area contributed by atoms with Crippen molar-refractivity contribution >= 4 is 24.0 Å². The molecule has 0 radical (unpaired) electrons. The molecule has 10 heteroatoms. The molecule has 0 unspecified atom stereocenters. The fraction of sp³-hybridized carbons (Fsp3) is 0.389. The van der Waals surface area contributed by atoms with Crippen LogP contribution >= 0.6 is 0 Å². The maximum absolute atomic E-state index is 12.1. The van der Waals surface area contributed by atoms with Crippen LogP contribution in [0.5, 0.6) is 5.75 Å². The summed E-state index contributed by atoms with van der Waals surface area (Å²) in [6.07, 6.45) is -3.73. The van der Waals surface area contributed by atoms with E-state index in [0.29, 0.717) is 5.56 Å². The standard InChI is InChI=1S/C18H21F3N2O5/c1-11(15(25)22-16(26)23-17(2,3)4)27-14(24)10-7-12-5-8-13(9-6-12)28-18(19,20)21/h5-11H,1-4H3,(H2,22,23,25,26)/b10-7+/t11-/m1/s1. The van der Waals surface area contributed by atoms with E-state index in [9.17, 15) is 27.6 Å². The molecule has 1 aromatic carbocycles. The van der Waals surface area contributed by atoms with Crippen LogP contribution in [0, 0.1) is 0 Å². The minimum atomic E-state index is -4.79. The average Bonchev–Trinajstić information content (AvgIpc) is 2.50. The number of halogens is 3. The molecule has 0 bridgehead atoms. The largest absolute Gasteiger partial charge is 0.573 e. The zero-order chi connectivity index (χ0) is 21.5. The van der Waals surface area contributed by atoms with Crippen molar-refractivity contribution in [3.05, 3.63) is 35.9 Å². The van der Waals surface area contributed by atoms with Crippen LogP contribution in [-0.4, -0.2) is 35.9 Å². The van der Waals surface area contributed by atoms with Crippen molar-refractivity contribution in [3.63, 3.8) is 0 Å². The molecule has 28 heavy (non-hydrogen) atoms. The summed E-state index contributed by atoms with van der Waals surface area (Å²) in [5.41, 5.74) is -0.138. The molecular weight excluding hydrogens is 381 g/mol. The zero-order valence-electron chi connectivity index (χ0n) is 15.7. The number of benzene rings is 1. The summed E-state index contributed by atoms with van der Waals surface area (Å²) in [6, 6.07) is 4.05. The molecule has 3 amide bonds. The molecule has 0 aliphatic carbocycles. The number of carbonyl (C=O) groups excluding carboxylic acids is 3. The Morgan fingerprint density at radius 2 is 1.64 bits per heavy atom. The molecule has 1 atom stereocenters. The maximum Gasteiger partial charge on any atom is 0.573 e. The van der Waals surface area contributed by atoms with Gasteiger partial charge in [0.1, 0.15) is 5.75 Å². The monoisotopic (exact) mass is 402 g/mol. The molecule has 0 fully saturated rings. The van der Waals surface area contributed by atoms with Crippen LogP contribution < -0.4 is 15.4 Å². The number of hydrogen-bond donors (Lipinski definition) is 2. The van der Waals surface area contributed by atoms with Gasteiger partial charge < -0.3 is 14.8 Å². The topological polar surface area (TPSA) is 93.7 Å². The van der Waals surface area contributed by atoms with Crippen molar-refractivity contribution in [1.29, 1.82) is 0 Å². The van der Waals surface area contributed by atoms with Gasteiger partial charge in [-0.1, -0.05) is 12.1 Å². The molecular formula is C18H21F3N2O5. The molecule has 0 saturated carbocycles. The number of hydrogen-bond acceptors (Lipinski definition) is 5. The maximum atomic E-state index is 12.1. The molecule has 154 valence electrons. The fourth-order valence-corrected chi connectivity index (χ4v) is 1.80. The molecule has 7 nitrogen and oxygen atoms in total. The van der Waals surface area contributed by atoms with Crippen LogP contribution in [0.1, 0.15) is 33.3 Å². The SMILES string of the molecule is C[C@@H](OC(=O)/C=C/c1ccc(OC(F)(F)F)cc1)C(=O)NC(=O)NC(C)(C)C. The summed E-state index contributed by atoms with van der Waals surface area (Å²) in [7, 11) is 0. The van der Waals surface area contributed by atoms with E-state index in [-0.39, 0.29) is 0 Å². The first-order chi connectivity index (χ1) is 12.7. The van der Waals surface area contributed by atoms with Crippen LogP contribution in [0.15, 0.2) is 30.3 Å². The Hall–Kier alpha value is -3.04. The summed E-state index contributed by atoms with van der Waals surface area (Å²) >= 11 is 0. The van der Waals surface area contributed by atoms with Crippen LogP contribution in [0.4, 0.5) is 18.0 Å². The average molecular weight is 402 g/mol. The molecule has 0 aliphatic heterocycles. The molecule has 0 heterocycles. The van der Waals surface area contributed by atoms with E-state index >= 15 is 0 Å². The fourth-order valence-electron chi connectivity index (χ4n) is 1.80. The van der Waals surface area contributed by atoms with Crippen molar-refractivity contribution in [1.82, 2.24) is 10.6 Å². The van der Waals surface area contributed by atoms with Gasteiger partial charge in [-0.05, 0) is 51.5 Å². The Morgan fingerprint density at radius 3 is 2.14 bits per heavy atom. The van der Waals surface area contributed by atoms with E-state index < -0.39 is 41.7 Å². The lowest BCUT2D eigenvalue weighted by Crippen LogP contribution is -2.50. The highest BCUT2D eigenvalue weighted by Crippen LogP contribution is 2.22. The molecule has 0 aromatic heterocycles. The lowest BCUT2D eigenvalue weighted by molar-refractivity contribution is -0.274. The minimum Gasteiger partial charge on any atom is -0.449 e. The van der Waals surface area contributed by atoms with Crippen LogP contribution in [-0.2, 0) is 14.3 Å². The highest BCUT2D eigenvalue weighted by molar-refractivity contribution is 5.98. The number of alkyl halides is 3. The second-order valence-electron chi connectivity index (χ2n) is 6.72. The normalized spacial score (nSPS) is 13.0. The molecule has 2 N–H and O–H groups in total. The predicted octanol–water partition coefficient (Wildman–Crippen LogP) is 3.15. The first kappa shape index (κ1) is 23.0. The molecule has 0 saturated heterocycles. The first-order valence-electron chi connectivity index (χ1n) is 8.13. The quantitative estimate of drug-likeness (QED) is 0.583. The third kappa shape index (κ3) is 9.60. The van der Waals surface area contributed by atoms with Crippen LogP contribution in [0.2, 0.25) is 0 Å². The van der Waals surface area contributed by atoms with E-state index in [4.69, 9.17) is 4.74 Å². The van der Waals surface area contributed by atoms with E-state index in [1.165, 1.54) is 25.1 Å². The van der Waals surface area contributed by atoms with Gasteiger partial charge >= 0.3 is 18.4 Å². The van der Waals surface area contributed by atoms with E-state index in [0.717, 1.165) is 18.2 Å². The van der Waals surface area contributed by atoms with Crippen molar-refractivity contribution in [2.24, 2.45) is 0 Å². The van der Waals surface area contributed by atoms with Crippen molar-refractivity contribution < 1.29 is 37.0 Å². The van der Waals surface area contributed by atoms with Crippen LogP contribution in [0.3, 0.4) is 0 Å². The predicted molar refractivity (Wildman–Crippen MR) is 94.1 cm³/mol. The summed E-state index contributed by atoms with van der Waals surface area (Å²) < 4.78 is 44.9. The van der Waals surface area contributed by atoms with Crippen molar-refractivity contribution in [2.75, 3.05) is 0 Å². The summed E-state index contributed by atoms with van der Waals surface area (Å²) in [6.45, 7) is 6.47. The van der Waals surface area contributed by atoms with Gasteiger partial charge in [0.2, 0.25) is 0 Å². The third-order valence-corrected chi connectivity index (χ3v) is 2.91. The number of carbonyl (C=O) groups is 3. The van der Waals surface area contributed by atoms with Gasteiger partial charge in [0.05, 0.1) is 0 Å². The van der Waals surface area contributed by atoms with Gasteiger partial charge in [-0.3, -0.25) is 10.1 Å². The second kappa shape index (κ2) is 9.25. The van der Waals surface area contributed by atoms with Crippen molar-refractivity contribution in [3.8, 4) is 5.75 Å². The smallest absolute Gasteiger partial charge is 0.449 e. The highest BCUT2D eigenvalue weighted by atomic mass is 19.4. The Morgan fingerprint density at radius 1 is 1.07 bits per heavy atom. The number of nitrogens with one attached hydrogen (secondary N) is 2. The molecule has 0 aliphatic rings. The molecule has 1 rings (SSSR count). The first-order valence-corrected chi connectivity index (χ1v) is 8.13. The molecule has 1 aromatic rings. The number of rotatable bonds is 5. The zero-order valence-corrected chi connectivity index (χ0v) is 15.7. The Balaban J connectivity index is 2.54. The number of urea groups is 1. The Bertz CT molecular complexity index is 737. The van der Waals surface area contributed by atoms with Gasteiger partial charge in [-0.25, -0.2) is 9.59 Å². The van der Waals surface area contributed by atoms with E-state index in [1.54, 1.807) is 20.8 Å². The lowest BCUT2D eigenvalue weighted by atomic mass is 10.1. The summed E-state index contributed by atoms with van der Waals surface area (Å²) in [5.74, 6) is -2.07. The van der Waals surface area contributed by atoms with Gasteiger partial charge in [-0.2, -0.15) is 0 Å². The number of imide groups is 1. The van der Waals surface area contributed by atoms with Crippen LogP contribution in [0.25, 0.3) is 6.08 Å². The molecule has 0 spiro atoms. The lowest BCUT2D eigenvalue weighted by Gasteiger charge is -2.21.